The molecule has 10 atom stereocenters. The third-order valence-corrected chi connectivity index (χ3v) is 17.0. The van der Waals surface area contributed by atoms with Gasteiger partial charge in [0.05, 0.1) is 53.1 Å². The molecule has 4 rings (SSSR count). The number of ether oxygens (including phenoxy) is 3. The minimum Gasteiger partial charge on any atom is -0.448 e. The van der Waals surface area contributed by atoms with Crippen LogP contribution in [0.5, 0.6) is 0 Å². The monoisotopic (exact) mass is 997 g/mol. The van der Waals surface area contributed by atoms with Crippen LogP contribution in [0, 0.1) is 35.5 Å². The molecule has 2 N–H and O–H groups in total. The predicted molar refractivity (Wildman–Crippen MR) is 273 cm³/mol. The summed E-state index contributed by atoms with van der Waals surface area (Å²) in [6.07, 6.45) is 1.22. The van der Waals surface area contributed by atoms with Gasteiger partial charge in [-0.2, -0.15) is 0 Å². The van der Waals surface area contributed by atoms with E-state index in [2.05, 4.69) is 15.0 Å². The number of fused-ring (bicyclic) bond motifs is 1. The van der Waals surface area contributed by atoms with Gasteiger partial charge in [0.2, 0.25) is 11.8 Å². The number of ketones is 2. The molecule has 0 aliphatic carbocycles. The first-order chi connectivity index (χ1) is 32.6. The average Bonchev–Trinajstić information content (AvgIpc) is 3.99. The van der Waals surface area contributed by atoms with E-state index in [1.807, 2.05) is 117 Å². The topological polar surface area (TPSA) is 185 Å². The van der Waals surface area contributed by atoms with E-state index < -0.39 is 53.1 Å². The second-order valence-corrected chi connectivity index (χ2v) is 23.1. The van der Waals surface area contributed by atoms with Gasteiger partial charge in [-0.05, 0) is 78.9 Å². The first kappa shape index (κ1) is 57.5. The van der Waals surface area contributed by atoms with Gasteiger partial charge >= 0.3 is 6.09 Å². The van der Waals surface area contributed by atoms with Crippen LogP contribution in [0.3, 0.4) is 0 Å². The number of imidazole rings is 1. The lowest BCUT2D eigenvalue weighted by Crippen LogP contribution is -2.54. The Morgan fingerprint density at radius 2 is 1.57 bits per heavy atom. The molecule has 15 nitrogen and oxygen atoms in total. The number of carbonyl (C=O) groups excluding carboxylic acids is 5. The van der Waals surface area contributed by atoms with E-state index in [0.29, 0.717) is 30.2 Å². The number of aliphatic hydroxyl groups is 1. The van der Waals surface area contributed by atoms with Crippen LogP contribution in [0.25, 0.3) is 11.2 Å². The third-order valence-electron chi connectivity index (χ3n) is 13.9. The lowest BCUT2D eigenvalue weighted by atomic mass is 9.83. The number of carbonyl (C=O) groups is 5. The summed E-state index contributed by atoms with van der Waals surface area (Å²) < 4.78 is 17.4. The largest absolute Gasteiger partial charge is 0.448 e. The Bertz CT molecular complexity index is 2110. The van der Waals surface area contributed by atoms with Gasteiger partial charge in [0.25, 0.3) is 0 Å². The summed E-state index contributed by atoms with van der Waals surface area (Å²) in [6, 6.07) is 11.4. The van der Waals surface area contributed by atoms with Gasteiger partial charge in [0.15, 0.2) is 16.6 Å². The Morgan fingerprint density at radius 3 is 2.16 bits per heavy atom. The molecule has 0 bridgehead atoms. The number of pyridine rings is 1. The van der Waals surface area contributed by atoms with Crippen LogP contribution in [0.2, 0.25) is 0 Å². The second kappa shape index (κ2) is 26.4. The van der Waals surface area contributed by atoms with Gasteiger partial charge in [-0.3, -0.25) is 19.2 Å². The molecular weight excluding hydrogens is 917 g/mol. The van der Waals surface area contributed by atoms with Crippen molar-refractivity contribution in [2.24, 2.45) is 35.5 Å². The molecule has 3 aromatic rings. The quantitative estimate of drug-likeness (QED) is 0.0691. The van der Waals surface area contributed by atoms with Gasteiger partial charge in [-0.1, -0.05) is 103 Å². The molecule has 0 radical (unpaired) electrons. The summed E-state index contributed by atoms with van der Waals surface area (Å²) in [6.45, 7) is 19.9. The van der Waals surface area contributed by atoms with Gasteiger partial charge in [-0.15, -0.1) is 0 Å². The third kappa shape index (κ3) is 15.2. The number of hydrogen-bond acceptors (Lipinski definition) is 13. The van der Waals surface area contributed by atoms with Crippen molar-refractivity contribution in [3.8, 4) is 0 Å². The molecule has 384 valence electrons. The maximum absolute atomic E-state index is 14.7. The fraction of sp³-hybridized carbons (Fsp3) is 0.673. The maximum Gasteiger partial charge on any atom is 0.410 e. The lowest BCUT2D eigenvalue weighted by Gasteiger charge is -2.41. The SMILES string of the molecule is CC[C@H](C)[C@@H]([C@@H](CC(=O)N1CCC[C@H]1[C@H](OC)[C@@H](C)C(=O)C[C@H](C)[C@@H](O)c1ccccc1)OC)N(C)C(=O)[C@@H](CC(=O)[C@H](C(C)C)N(C)C(=O)OCC(C)(C)SSc1nc2ncccc2[nH]1)C(C)C. The number of benzene rings is 1. The van der Waals surface area contributed by atoms with Crippen molar-refractivity contribution in [2.45, 2.75) is 154 Å². The maximum atomic E-state index is 14.7. The number of aliphatic hydroxyl groups excluding tert-OH is 1. The van der Waals surface area contributed by atoms with Crippen LogP contribution in [0.4, 0.5) is 4.79 Å². The average molecular weight is 997 g/mol. The van der Waals surface area contributed by atoms with E-state index in [4.69, 9.17) is 14.2 Å². The number of nitrogens with one attached hydrogen (secondary N) is 1. The summed E-state index contributed by atoms with van der Waals surface area (Å²) in [5.41, 5.74) is 2.22. The van der Waals surface area contributed by atoms with Crippen molar-refractivity contribution in [2.75, 3.05) is 41.5 Å². The number of nitrogens with zero attached hydrogens (tertiary/aromatic N) is 5. The smallest absolute Gasteiger partial charge is 0.410 e. The summed E-state index contributed by atoms with van der Waals surface area (Å²) >= 11 is 0. The Balaban J connectivity index is 1.42. The van der Waals surface area contributed by atoms with Crippen molar-refractivity contribution < 1.29 is 43.3 Å². The minimum atomic E-state index is -0.841. The number of methoxy groups -OCH3 is 2. The number of aromatic nitrogens is 3. The molecule has 1 aliphatic heterocycles. The van der Waals surface area contributed by atoms with Gasteiger partial charge < -0.3 is 39.0 Å². The molecule has 0 spiro atoms. The molecule has 1 aliphatic rings. The van der Waals surface area contributed by atoms with Crippen LogP contribution in [0.15, 0.2) is 53.8 Å². The number of hydrogen-bond donors (Lipinski definition) is 2. The summed E-state index contributed by atoms with van der Waals surface area (Å²) in [5, 5.41) is 11.7. The normalized spacial score (nSPS) is 18.3. The van der Waals surface area contributed by atoms with E-state index in [0.717, 1.165) is 17.5 Å². The first-order valence-corrected chi connectivity index (χ1v) is 26.7. The highest BCUT2D eigenvalue weighted by molar-refractivity contribution is 8.77. The predicted octanol–water partition coefficient (Wildman–Crippen LogP) is 9.05. The van der Waals surface area contributed by atoms with E-state index in [1.165, 1.54) is 26.5 Å². The van der Waals surface area contributed by atoms with Crippen molar-refractivity contribution >= 4 is 62.2 Å². The number of amides is 3. The summed E-state index contributed by atoms with van der Waals surface area (Å²) in [5.74, 6) is -2.79. The summed E-state index contributed by atoms with van der Waals surface area (Å²) in [4.78, 5) is 87.6. The Labute approximate surface area is 418 Å². The lowest BCUT2D eigenvalue weighted by molar-refractivity contribution is -0.149. The van der Waals surface area contributed by atoms with Crippen LogP contribution in [-0.4, -0.2) is 141 Å². The molecule has 17 heteroatoms. The number of likely N-dealkylation sites (N-methyl/N-ethyl adjacent to an activating group) is 2. The Kier molecular flexibility index (Phi) is 22.0. The van der Waals surface area contributed by atoms with Crippen molar-refractivity contribution in [1.82, 2.24) is 29.7 Å². The molecule has 3 heterocycles. The van der Waals surface area contributed by atoms with Crippen molar-refractivity contribution in [3.63, 3.8) is 0 Å². The number of rotatable bonds is 27. The molecule has 69 heavy (non-hydrogen) atoms. The van der Waals surface area contributed by atoms with Gasteiger partial charge in [-0.25, -0.2) is 14.8 Å². The molecule has 0 saturated carbocycles. The molecular formula is C52H80N6O9S2. The van der Waals surface area contributed by atoms with Crippen molar-refractivity contribution in [3.05, 3.63) is 54.2 Å². The first-order valence-electron chi connectivity index (χ1n) is 24.5. The fourth-order valence-corrected chi connectivity index (χ4v) is 11.6. The highest BCUT2D eigenvalue weighted by Gasteiger charge is 2.44. The summed E-state index contributed by atoms with van der Waals surface area (Å²) in [7, 11) is 9.35. The zero-order chi connectivity index (χ0) is 51.3. The second-order valence-electron chi connectivity index (χ2n) is 20.3. The molecule has 0 unspecified atom stereocenters. The zero-order valence-electron chi connectivity index (χ0n) is 43.5. The zero-order valence-corrected chi connectivity index (χ0v) is 45.1. The molecule has 2 aromatic heterocycles. The highest BCUT2D eigenvalue weighted by atomic mass is 33.1. The number of H-pyrrole nitrogens is 1. The van der Waals surface area contributed by atoms with Crippen LogP contribution >= 0.6 is 21.6 Å². The Hall–Kier alpha value is -4.03. The van der Waals surface area contributed by atoms with Crippen LogP contribution < -0.4 is 0 Å². The molecule has 1 saturated heterocycles. The minimum absolute atomic E-state index is 0.00230. The van der Waals surface area contributed by atoms with Crippen LogP contribution in [-0.2, 0) is 33.4 Å². The van der Waals surface area contributed by atoms with E-state index in [1.54, 1.807) is 39.4 Å². The Morgan fingerprint density at radius 1 is 0.884 bits per heavy atom. The fourth-order valence-electron chi connectivity index (χ4n) is 9.67. The van der Waals surface area contributed by atoms with Gasteiger partial charge in [0.1, 0.15) is 12.4 Å². The van der Waals surface area contributed by atoms with E-state index in [-0.39, 0.29) is 79.0 Å². The van der Waals surface area contributed by atoms with Crippen LogP contribution in [0.1, 0.15) is 119 Å². The standard InChI is InChI=1S/C52H80N6O9S2/c1-15-33(6)45(42(65-13)29-43(61)58-26-20-24-39(58)47(66-14)35(8)40(59)27-34(7)46(62)36-21-17-16-18-22-36)56(11)49(63)37(31(2)3)28-41(60)44(32(4)5)57(12)51(64)67-30-52(9,10)69-68-50-54-38-23-19-25-53-48(38)55-50/h16-19,21-23,25,31-35,37,39,42,44-47,62H,15,20,24,26-30H2,1-14H3,(H,53,54,55)/t33-,34-,35-,37-,39-,42+,44-,45-,46+,47+/m0/s1. The number of likely N-dealkylation sites (tertiary alicyclic amines) is 1. The van der Waals surface area contributed by atoms with Gasteiger partial charge in [0, 0.05) is 65.7 Å². The van der Waals surface area contributed by atoms with Crippen molar-refractivity contribution in [1.29, 1.82) is 0 Å². The molecule has 3 amide bonds. The number of aromatic amines is 1. The van der Waals surface area contributed by atoms with E-state index in [9.17, 15) is 29.1 Å². The highest BCUT2D eigenvalue weighted by Crippen LogP contribution is 2.40. The molecule has 1 aromatic carbocycles. The van der Waals surface area contributed by atoms with E-state index >= 15 is 0 Å². The molecule has 1 fully saturated rings. The number of Topliss-reactive ketones (excluding diaryl/α,β-unsaturated/α-hetero) is 2.